The second kappa shape index (κ2) is 8.73. The number of piperidine rings is 1. The van der Waals surface area contributed by atoms with Gasteiger partial charge < -0.3 is 10.2 Å². The van der Waals surface area contributed by atoms with Gasteiger partial charge in [-0.05, 0) is 73.9 Å². The monoisotopic (exact) mass is 385 g/mol. The van der Waals surface area contributed by atoms with Crippen molar-refractivity contribution in [3.63, 3.8) is 0 Å². The van der Waals surface area contributed by atoms with Crippen molar-refractivity contribution in [1.82, 2.24) is 10.2 Å². The van der Waals surface area contributed by atoms with Crippen LogP contribution < -0.4 is 10.6 Å². The molecule has 7 heteroatoms. The highest BCUT2D eigenvalue weighted by Crippen LogP contribution is 2.16. The fraction of sp³-hybridized carbons (Fsp3) is 0.250. The van der Waals surface area contributed by atoms with E-state index in [0.29, 0.717) is 16.8 Å². The number of carbonyl (C=O) groups excluding carboxylic acids is 2. The Kier molecular flexibility index (Phi) is 6.13. The largest absolute Gasteiger partial charge is 0.339 e. The van der Waals surface area contributed by atoms with Crippen LogP contribution in [0.2, 0.25) is 0 Å². The Hall–Kier alpha value is -2.80. The standard InChI is InChI=1S/C20H20FN3O2S/c21-16-9-7-14(8-10-16)18(25)23-20(27)22-17-6-4-5-15(13-17)19(26)24-11-2-1-3-12-24/h4-10,13H,1-3,11-12H2,(H2,22,23,25,27). The fourth-order valence-electron chi connectivity index (χ4n) is 2.95. The lowest BCUT2D eigenvalue weighted by Gasteiger charge is -2.26. The third kappa shape index (κ3) is 5.10. The summed E-state index contributed by atoms with van der Waals surface area (Å²) in [4.78, 5) is 26.6. The molecule has 0 saturated carbocycles. The molecule has 1 heterocycles. The Balaban J connectivity index is 1.61. The minimum atomic E-state index is -0.437. The van der Waals surface area contributed by atoms with E-state index in [0.717, 1.165) is 32.4 Å². The number of hydrogen-bond acceptors (Lipinski definition) is 3. The SMILES string of the molecule is O=C(NC(=S)Nc1cccc(C(=O)N2CCCCC2)c1)c1ccc(F)cc1. The maximum atomic E-state index is 12.9. The van der Waals surface area contributed by atoms with Gasteiger partial charge in [0.15, 0.2) is 5.11 Å². The van der Waals surface area contributed by atoms with Gasteiger partial charge in [-0.2, -0.15) is 0 Å². The van der Waals surface area contributed by atoms with Gasteiger partial charge >= 0.3 is 0 Å². The number of carbonyl (C=O) groups is 2. The van der Waals surface area contributed by atoms with E-state index in [1.165, 1.54) is 24.3 Å². The van der Waals surface area contributed by atoms with Crippen LogP contribution in [0.4, 0.5) is 10.1 Å². The van der Waals surface area contributed by atoms with Crippen LogP contribution in [0, 0.1) is 5.82 Å². The van der Waals surface area contributed by atoms with Crippen LogP contribution in [-0.4, -0.2) is 34.9 Å². The number of thiocarbonyl (C=S) groups is 1. The molecule has 0 bridgehead atoms. The maximum absolute atomic E-state index is 12.9. The Bertz CT molecular complexity index is 849. The molecule has 2 N–H and O–H groups in total. The van der Waals surface area contributed by atoms with Gasteiger partial charge in [0.05, 0.1) is 0 Å². The summed E-state index contributed by atoms with van der Waals surface area (Å²) in [5.41, 5.74) is 1.49. The molecule has 0 atom stereocenters. The lowest BCUT2D eigenvalue weighted by Crippen LogP contribution is -2.36. The average molecular weight is 385 g/mol. The number of rotatable bonds is 3. The van der Waals surface area contributed by atoms with E-state index in [4.69, 9.17) is 12.2 Å². The summed E-state index contributed by atoms with van der Waals surface area (Å²) in [6.45, 7) is 1.56. The van der Waals surface area contributed by atoms with E-state index in [1.54, 1.807) is 24.3 Å². The van der Waals surface area contributed by atoms with Crippen LogP contribution in [0.5, 0.6) is 0 Å². The van der Waals surface area contributed by atoms with Crippen LogP contribution in [0.15, 0.2) is 48.5 Å². The van der Waals surface area contributed by atoms with Gasteiger partial charge in [0.25, 0.3) is 11.8 Å². The van der Waals surface area contributed by atoms with Gasteiger partial charge in [-0.15, -0.1) is 0 Å². The summed E-state index contributed by atoms with van der Waals surface area (Å²) in [6.07, 6.45) is 3.22. The lowest BCUT2D eigenvalue weighted by molar-refractivity contribution is 0.0724. The first-order valence-corrected chi connectivity index (χ1v) is 9.21. The molecule has 1 saturated heterocycles. The van der Waals surface area contributed by atoms with E-state index >= 15 is 0 Å². The zero-order valence-electron chi connectivity index (χ0n) is 14.7. The van der Waals surface area contributed by atoms with Crippen LogP contribution >= 0.6 is 12.2 Å². The van der Waals surface area contributed by atoms with Crippen LogP contribution in [0.25, 0.3) is 0 Å². The Morgan fingerprint density at radius 3 is 2.37 bits per heavy atom. The number of likely N-dealkylation sites (tertiary alicyclic amines) is 1. The molecule has 3 rings (SSSR count). The smallest absolute Gasteiger partial charge is 0.257 e. The van der Waals surface area contributed by atoms with Gasteiger partial charge in [0.2, 0.25) is 0 Å². The number of nitrogens with zero attached hydrogens (tertiary/aromatic N) is 1. The zero-order chi connectivity index (χ0) is 19.2. The predicted molar refractivity (Wildman–Crippen MR) is 106 cm³/mol. The number of halogens is 1. The van der Waals surface area contributed by atoms with E-state index in [-0.39, 0.29) is 11.0 Å². The molecule has 1 fully saturated rings. The van der Waals surface area contributed by atoms with Crippen molar-refractivity contribution in [2.45, 2.75) is 19.3 Å². The first kappa shape index (κ1) is 19.0. The van der Waals surface area contributed by atoms with Gasteiger partial charge in [0.1, 0.15) is 5.82 Å². The number of anilines is 1. The second-order valence-corrected chi connectivity index (χ2v) is 6.76. The molecule has 2 aromatic carbocycles. The van der Waals surface area contributed by atoms with Crippen molar-refractivity contribution in [2.24, 2.45) is 0 Å². The molecule has 27 heavy (non-hydrogen) atoms. The first-order chi connectivity index (χ1) is 13.0. The summed E-state index contributed by atoms with van der Waals surface area (Å²) < 4.78 is 12.9. The van der Waals surface area contributed by atoms with Crippen molar-refractivity contribution < 1.29 is 14.0 Å². The Labute approximate surface area is 162 Å². The molecule has 2 amide bonds. The molecule has 1 aliphatic rings. The third-order valence-corrected chi connectivity index (χ3v) is 4.55. The van der Waals surface area contributed by atoms with Gasteiger partial charge in [-0.25, -0.2) is 4.39 Å². The molecule has 1 aliphatic heterocycles. The van der Waals surface area contributed by atoms with Crippen LogP contribution in [0.1, 0.15) is 40.0 Å². The zero-order valence-corrected chi connectivity index (χ0v) is 15.5. The Morgan fingerprint density at radius 2 is 1.67 bits per heavy atom. The molecule has 140 valence electrons. The van der Waals surface area contributed by atoms with Crippen LogP contribution in [0.3, 0.4) is 0 Å². The van der Waals surface area contributed by atoms with Gasteiger partial charge in [0, 0.05) is 29.9 Å². The summed E-state index contributed by atoms with van der Waals surface area (Å²) >= 11 is 5.16. The lowest BCUT2D eigenvalue weighted by atomic mass is 10.1. The van der Waals surface area contributed by atoms with E-state index in [9.17, 15) is 14.0 Å². The van der Waals surface area contributed by atoms with Crippen molar-refractivity contribution in [3.05, 3.63) is 65.5 Å². The summed E-state index contributed by atoms with van der Waals surface area (Å²) in [6, 6.07) is 12.2. The molecule has 5 nitrogen and oxygen atoms in total. The minimum absolute atomic E-state index is 0.000355. The van der Waals surface area contributed by atoms with Crippen molar-refractivity contribution >= 4 is 34.8 Å². The quantitative estimate of drug-likeness (QED) is 0.793. The first-order valence-electron chi connectivity index (χ1n) is 8.80. The normalized spacial score (nSPS) is 13.7. The maximum Gasteiger partial charge on any atom is 0.257 e. The molecule has 0 aliphatic carbocycles. The summed E-state index contributed by atoms with van der Waals surface area (Å²) in [5, 5.41) is 5.55. The predicted octanol–water partition coefficient (Wildman–Crippen LogP) is 3.58. The molecule has 0 unspecified atom stereocenters. The number of nitrogens with one attached hydrogen (secondary N) is 2. The molecular formula is C20H20FN3O2S. The van der Waals surface area contributed by atoms with E-state index in [2.05, 4.69) is 10.6 Å². The summed E-state index contributed by atoms with van der Waals surface area (Å²) in [7, 11) is 0. The van der Waals surface area contributed by atoms with Crippen molar-refractivity contribution in [3.8, 4) is 0 Å². The second-order valence-electron chi connectivity index (χ2n) is 6.35. The van der Waals surface area contributed by atoms with Crippen LogP contribution in [-0.2, 0) is 0 Å². The van der Waals surface area contributed by atoms with E-state index in [1.807, 2.05) is 4.90 Å². The van der Waals surface area contributed by atoms with Crippen molar-refractivity contribution in [1.29, 1.82) is 0 Å². The fourth-order valence-corrected chi connectivity index (χ4v) is 3.16. The Morgan fingerprint density at radius 1 is 0.963 bits per heavy atom. The minimum Gasteiger partial charge on any atom is -0.339 e. The highest BCUT2D eigenvalue weighted by molar-refractivity contribution is 7.80. The highest BCUT2D eigenvalue weighted by Gasteiger charge is 2.18. The molecule has 0 spiro atoms. The highest BCUT2D eigenvalue weighted by atomic mass is 32.1. The number of benzene rings is 2. The molecule has 0 radical (unpaired) electrons. The van der Waals surface area contributed by atoms with Gasteiger partial charge in [-0.1, -0.05) is 6.07 Å². The molecule has 0 aromatic heterocycles. The number of amides is 2. The topological polar surface area (TPSA) is 61.4 Å². The third-order valence-electron chi connectivity index (χ3n) is 4.34. The van der Waals surface area contributed by atoms with Gasteiger partial charge in [-0.3, -0.25) is 14.9 Å². The van der Waals surface area contributed by atoms with Crippen molar-refractivity contribution in [2.75, 3.05) is 18.4 Å². The summed E-state index contributed by atoms with van der Waals surface area (Å²) in [5.74, 6) is -0.852. The average Bonchev–Trinajstić information content (AvgIpc) is 2.68. The molecule has 2 aromatic rings. The number of hydrogen-bond donors (Lipinski definition) is 2. The molecular weight excluding hydrogens is 365 g/mol. The van der Waals surface area contributed by atoms with E-state index < -0.39 is 11.7 Å².